The molecule has 0 bridgehead atoms. The summed E-state index contributed by atoms with van der Waals surface area (Å²) < 4.78 is 13.8. The van der Waals surface area contributed by atoms with E-state index in [9.17, 15) is 14.4 Å². The molecule has 1 unspecified atom stereocenters. The van der Waals surface area contributed by atoms with E-state index >= 15 is 0 Å². The molecule has 1 fully saturated rings. The van der Waals surface area contributed by atoms with E-state index in [0.717, 1.165) is 12.5 Å². The predicted octanol–water partition coefficient (Wildman–Crippen LogP) is 5.87. The number of halogens is 3. The number of nitrogens with one attached hydrogen (secondary N) is 2. The summed E-state index contributed by atoms with van der Waals surface area (Å²) in [6.07, 6.45) is 1.88. The summed E-state index contributed by atoms with van der Waals surface area (Å²) in [5, 5.41) is 23.1. The molecule has 0 aromatic heterocycles. The van der Waals surface area contributed by atoms with Crippen LogP contribution in [0, 0.1) is 17.3 Å². The number of hydrogen-bond acceptors (Lipinski definition) is 4. The van der Waals surface area contributed by atoms with Gasteiger partial charge < -0.3 is 20.2 Å². The molecule has 3 N–H and O–H groups in total. The van der Waals surface area contributed by atoms with Gasteiger partial charge in [-0.05, 0) is 42.0 Å². The van der Waals surface area contributed by atoms with E-state index in [4.69, 9.17) is 33.1 Å². The highest BCUT2D eigenvalue weighted by atomic mass is 35.5. The van der Waals surface area contributed by atoms with Crippen molar-refractivity contribution in [2.45, 2.75) is 13.0 Å². The standard InChI is InChI=1S/C25H21Cl2FN6O.C2H4O2/c26-18-6-9-20(10-7-18)31-25(35)34-13-12-33(15-23(34)17-4-2-1-3-5-17)24(30-16-29)32-22-14-19(28)8-11-21(22)27;1-2(3)4/h1-11,14,23H,12-13,15H2,(H,30,32)(H,31,35);1H3,(H,3,4). The van der Waals surface area contributed by atoms with Gasteiger partial charge in [-0.3, -0.25) is 10.1 Å². The number of carbonyl (C=O) groups is 2. The molecule has 1 aliphatic heterocycles. The number of aliphatic imine (C=N–C) groups is 1. The number of amides is 2. The summed E-state index contributed by atoms with van der Waals surface area (Å²) in [5.41, 5.74) is 1.75. The van der Waals surface area contributed by atoms with Gasteiger partial charge in [0.05, 0.1) is 16.8 Å². The average Bonchev–Trinajstić information content (AvgIpc) is 2.91. The van der Waals surface area contributed by atoms with Crippen LogP contribution < -0.4 is 10.6 Å². The van der Waals surface area contributed by atoms with Gasteiger partial charge >= 0.3 is 6.03 Å². The van der Waals surface area contributed by atoms with Crippen molar-refractivity contribution in [1.29, 1.82) is 5.26 Å². The molecule has 1 aliphatic rings. The number of carbonyl (C=O) groups excluding carboxylic acids is 1. The summed E-state index contributed by atoms with van der Waals surface area (Å²) in [4.78, 5) is 30.2. The topological polar surface area (TPSA) is 121 Å². The normalized spacial score (nSPS) is 14.9. The Morgan fingerprint density at radius 2 is 1.74 bits per heavy atom. The van der Waals surface area contributed by atoms with Crippen molar-refractivity contribution in [3.8, 4) is 6.19 Å². The Hall–Kier alpha value is -4.33. The number of carboxylic acids is 1. The van der Waals surface area contributed by atoms with Crippen molar-refractivity contribution in [1.82, 2.24) is 15.1 Å². The van der Waals surface area contributed by atoms with E-state index in [2.05, 4.69) is 15.6 Å². The second-order valence-electron chi connectivity index (χ2n) is 8.29. The molecule has 4 rings (SSSR count). The Morgan fingerprint density at radius 1 is 1.08 bits per heavy atom. The summed E-state index contributed by atoms with van der Waals surface area (Å²) in [6.45, 7) is 2.16. The van der Waals surface area contributed by atoms with Crippen molar-refractivity contribution < 1.29 is 19.1 Å². The second-order valence-corrected chi connectivity index (χ2v) is 9.13. The van der Waals surface area contributed by atoms with Crippen molar-refractivity contribution in [2.75, 3.05) is 25.0 Å². The Morgan fingerprint density at radius 3 is 2.38 bits per heavy atom. The first-order valence-corrected chi connectivity index (χ1v) is 12.4. The number of guanidine groups is 1. The number of hydrogen-bond donors (Lipinski definition) is 3. The van der Waals surface area contributed by atoms with E-state index in [1.165, 1.54) is 18.2 Å². The fraction of sp³-hybridized carbons (Fsp3) is 0.185. The largest absolute Gasteiger partial charge is 0.481 e. The smallest absolute Gasteiger partial charge is 0.322 e. The van der Waals surface area contributed by atoms with Crippen molar-refractivity contribution in [2.24, 2.45) is 4.99 Å². The number of benzene rings is 3. The van der Waals surface area contributed by atoms with Gasteiger partial charge in [-0.2, -0.15) is 5.26 Å². The van der Waals surface area contributed by atoms with E-state index in [1.54, 1.807) is 29.2 Å². The van der Waals surface area contributed by atoms with Gasteiger partial charge in [-0.25, -0.2) is 14.2 Å². The van der Waals surface area contributed by atoms with Crippen LogP contribution >= 0.6 is 23.2 Å². The van der Waals surface area contributed by atoms with Gasteiger partial charge in [-0.15, -0.1) is 0 Å². The maximum absolute atomic E-state index is 13.8. The monoisotopic (exact) mass is 570 g/mol. The Labute approximate surface area is 235 Å². The number of aliphatic carboxylic acids is 1. The molecule has 2 amide bonds. The third-order valence-electron chi connectivity index (χ3n) is 5.52. The predicted molar refractivity (Wildman–Crippen MR) is 148 cm³/mol. The van der Waals surface area contributed by atoms with Gasteiger partial charge in [0.25, 0.3) is 5.97 Å². The maximum atomic E-state index is 13.8. The number of rotatable bonds is 3. The van der Waals surface area contributed by atoms with Crippen LogP contribution in [0.2, 0.25) is 10.0 Å². The Balaban J connectivity index is 0.000000983. The van der Waals surface area contributed by atoms with Crippen LogP contribution in [0.5, 0.6) is 0 Å². The molecule has 0 aliphatic carbocycles. The molecule has 0 spiro atoms. The van der Waals surface area contributed by atoms with E-state index < -0.39 is 11.8 Å². The summed E-state index contributed by atoms with van der Waals surface area (Å²) in [7, 11) is 0. The fourth-order valence-electron chi connectivity index (χ4n) is 3.82. The number of nitriles is 1. The molecule has 39 heavy (non-hydrogen) atoms. The SMILES string of the molecule is CC(=O)O.N#CNC(=Nc1cc(F)ccc1Cl)N1CCN(C(=O)Nc2ccc(Cl)cc2)C(c2ccccc2)C1. The highest BCUT2D eigenvalue weighted by Gasteiger charge is 2.33. The second kappa shape index (κ2) is 14.0. The van der Waals surface area contributed by atoms with Gasteiger partial charge in [0.1, 0.15) is 5.82 Å². The van der Waals surface area contributed by atoms with Crippen LogP contribution in [-0.4, -0.2) is 52.5 Å². The highest BCUT2D eigenvalue weighted by molar-refractivity contribution is 6.33. The van der Waals surface area contributed by atoms with E-state index in [0.29, 0.717) is 30.3 Å². The number of anilines is 1. The molecule has 1 atom stereocenters. The first kappa shape index (κ1) is 29.2. The van der Waals surface area contributed by atoms with Crippen LogP contribution in [-0.2, 0) is 4.79 Å². The van der Waals surface area contributed by atoms with E-state index in [-0.39, 0.29) is 28.7 Å². The van der Waals surface area contributed by atoms with Crippen LogP contribution in [0.15, 0.2) is 77.8 Å². The van der Waals surface area contributed by atoms with Crippen LogP contribution in [0.4, 0.5) is 20.6 Å². The van der Waals surface area contributed by atoms with Crippen LogP contribution in [0.1, 0.15) is 18.5 Å². The zero-order valence-corrected chi connectivity index (χ0v) is 22.3. The minimum Gasteiger partial charge on any atom is -0.481 e. The maximum Gasteiger partial charge on any atom is 0.322 e. The quantitative estimate of drug-likeness (QED) is 0.157. The van der Waals surface area contributed by atoms with Gasteiger partial charge in [0.15, 0.2) is 6.19 Å². The lowest BCUT2D eigenvalue weighted by atomic mass is 10.0. The molecular formula is C27H25Cl2FN6O3. The van der Waals surface area contributed by atoms with Crippen LogP contribution in [0.3, 0.4) is 0 Å². The Bertz CT molecular complexity index is 1360. The zero-order chi connectivity index (χ0) is 28.4. The molecule has 1 heterocycles. The first-order valence-electron chi connectivity index (χ1n) is 11.7. The lowest BCUT2D eigenvalue weighted by molar-refractivity contribution is -0.134. The Kier molecular flexibility index (Phi) is 10.5. The van der Waals surface area contributed by atoms with Gasteiger partial charge in [0, 0.05) is 43.3 Å². The molecule has 202 valence electrons. The van der Waals surface area contributed by atoms with Gasteiger partial charge in [-0.1, -0.05) is 53.5 Å². The van der Waals surface area contributed by atoms with E-state index in [1.807, 2.05) is 41.4 Å². The van der Waals surface area contributed by atoms with Crippen molar-refractivity contribution in [3.63, 3.8) is 0 Å². The molecule has 3 aromatic rings. The molecule has 0 saturated carbocycles. The molecule has 9 nitrogen and oxygen atoms in total. The minimum absolute atomic E-state index is 0.198. The fourth-order valence-corrected chi connectivity index (χ4v) is 4.11. The number of nitrogens with zero attached hydrogens (tertiary/aromatic N) is 4. The highest BCUT2D eigenvalue weighted by Crippen LogP contribution is 2.29. The molecule has 1 saturated heterocycles. The number of carboxylic acid groups (broad SMARTS) is 1. The summed E-state index contributed by atoms with van der Waals surface area (Å²) in [6, 6.07) is 19.7. The molecule has 0 radical (unpaired) electrons. The van der Waals surface area contributed by atoms with Crippen molar-refractivity contribution >= 4 is 52.5 Å². The summed E-state index contributed by atoms with van der Waals surface area (Å²) in [5.74, 6) is -1.10. The first-order chi connectivity index (χ1) is 18.7. The minimum atomic E-state index is -0.833. The lowest BCUT2D eigenvalue weighted by Gasteiger charge is -2.42. The zero-order valence-electron chi connectivity index (χ0n) is 20.8. The number of piperazine rings is 1. The van der Waals surface area contributed by atoms with Gasteiger partial charge in [0.2, 0.25) is 5.96 Å². The molecular weight excluding hydrogens is 546 g/mol. The van der Waals surface area contributed by atoms with Crippen LogP contribution in [0.25, 0.3) is 0 Å². The summed E-state index contributed by atoms with van der Waals surface area (Å²) >= 11 is 12.1. The molecule has 12 heteroatoms. The number of urea groups is 1. The third-order valence-corrected chi connectivity index (χ3v) is 6.09. The third kappa shape index (κ3) is 8.60. The average molecular weight is 571 g/mol. The van der Waals surface area contributed by atoms with Crippen molar-refractivity contribution in [3.05, 3.63) is 94.2 Å². The molecule has 3 aromatic carbocycles. The lowest BCUT2D eigenvalue weighted by Crippen LogP contribution is -2.55.